The summed E-state index contributed by atoms with van der Waals surface area (Å²) in [6.07, 6.45) is 4.81. The normalized spacial score (nSPS) is 14.3. The first-order chi connectivity index (χ1) is 15.1. The summed E-state index contributed by atoms with van der Waals surface area (Å²) in [4.78, 5) is 20.3. The quantitative estimate of drug-likeness (QED) is 0.581. The number of benzene rings is 2. The van der Waals surface area contributed by atoms with Gasteiger partial charge in [0.15, 0.2) is 0 Å². The van der Waals surface area contributed by atoms with Crippen molar-refractivity contribution in [3.8, 4) is 5.75 Å². The van der Waals surface area contributed by atoms with Gasteiger partial charge >= 0.3 is 0 Å². The van der Waals surface area contributed by atoms with E-state index >= 15 is 0 Å². The summed E-state index contributed by atoms with van der Waals surface area (Å²) in [6, 6.07) is 16.0. The van der Waals surface area contributed by atoms with Gasteiger partial charge in [-0.1, -0.05) is 30.3 Å². The van der Waals surface area contributed by atoms with Crippen molar-refractivity contribution in [2.24, 2.45) is 0 Å². The fraction of sp³-hybridized carbons (Fsp3) is 0.308. The lowest BCUT2D eigenvalue weighted by Crippen LogP contribution is -2.28. The molecular weight excluding hydrogens is 386 g/mol. The van der Waals surface area contributed by atoms with Crippen molar-refractivity contribution in [3.63, 3.8) is 0 Å². The summed E-state index contributed by atoms with van der Waals surface area (Å²) in [5, 5.41) is 4.05. The van der Waals surface area contributed by atoms with E-state index in [-0.39, 0.29) is 5.91 Å². The van der Waals surface area contributed by atoms with Crippen molar-refractivity contribution in [1.82, 2.24) is 15.2 Å². The van der Waals surface area contributed by atoms with Crippen LogP contribution in [0, 0.1) is 0 Å². The number of ether oxygens (including phenoxy) is 1. The molecule has 1 aromatic heterocycles. The minimum absolute atomic E-state index is 0.000645. The molecule has 1 heterocycles. The first kappa shape index (κ1) is 21.1. The molecule has 0 saturated heterocycles. The number of carbonyl (C=O) groups excluding carboxylic acids is 1. The number of para-hydroxylation sites is 1. The fourth-order valence-electron chi connectivity index (χ4n) is 4.13. The smallest absolute Gasteiger partial charge is 0.252 e. The molecule has 160 valence electrons. The molecule has 1 aliphatic rings. The minimum Gasteiger partial charge on any atom is -0.497 e. The molecule has 0 fully saturated rings. The van der Waals surface area contributed by atoms with Gasteiger partial charge in [0.2, 0.25) is 0 Å². The zero-order chi connectivity index (χ0) is 21.8. The molecule has 2 aromatic carbocycles. The largest absolute Gasteiger partial charge is 0.497 e. The van der Waals surface area contributed by atoms with Crippen LogP contribution in [0.4, 0.5) is 0 Å². The minimum atomic E-state index is -0.000645. The lowest BCUT2D eigenvalue weighted by atomic mass is 10.00. The highest BCUT2D eigenvalue weighted by molar-refractivity contribution is 6.09. The number of rotatable bonds is 7. The Kier molecular flexibility index (Phi) is 6.33. The van der Waals surface area contributed by atoms with Crippen molar-refractivity contribution < 1.29 is 9.53 Å². The first-order valence-corrected chi connectivity index (χ1v) is 10.8. The third-order valence-corrected chi connectivity index (χ3v) is 5.69. The van der Waals surface area contributed by atoms with Gasteiger partial charge < -0.3 is 15.0 Å². The Labute approximate surface area is 183 Å². The maximum atomic E-state index is 13.2. The molecule has 1 aliphatic carbocycles. The average Bonchev–Trinajstić information content (AvgIpc) is 3.17. The number of aromatic nitrogens is 1. The molecule has 0 unspecified atom stereocenters. The Hall–Kier alpha value is -3.18. The van der Waals surface area contributed by atoms with Gasteiger partial charge in [0.25, 0.3) is 5.91 Å². The number of hydrogen-bond donors (Lipinski definition) is 1. The summed E-state index contributed by atoms with van der Waals surface area (Å²) in [5.74, 6) is 0.839. The van der Waals surface area contributed by atoms with Gasteiger partial charge in [0, 0.05) is 11.9 Å². The van der Waals surface area contributed by atoms with Gasteiger partial charge in [-0.05, 0) is 80.9 Å². The SMILES string of the molecule is COc1ccc(C=C2CCc3c2nc2ccccc2c3C(=O)NCCCN(C)C)cc1. The van der Waals surface area contributed by atoms with Crippen LogP contribution in [-0.4, -0.2) is 50.1 Å². The Morgan fingerprint density at radius 1 is 1.13 bits per heavy atom. The summed E-state index contributed by atoms with van der Waals surface area (Å²) in [5.41, 5.74) is 5.93. The van der Waals surface area contributed by atoms with Gasteiger partial charge in [0.05, 0.1) is 23.9 Å². The number of pyridine rings is 1. The van der Waals surface area contributed by atoms with Crippen molar-refractivity contribution in [1.29, 1.82) is 0 Å². The van der Waals surface area contributed by atoms with E-state index in [2.05, 4.69) is 16.3 Å². The van der Waals surface area contributed by atoms with Crippen LogP contribution in [0.25, 0.3) is 22.6 Å². The third-order valence-electron chi connectivity index (χ3n) is 5.69. The second-order valence-electron chi connectivity index (χ2n) is 8.19. The highest BCUT2D eigenvalue weighted by atomic mass is 16.5. The topological polar surface area (TPSA) is 54.5 Å². The first-order valence-electron chi connectivity index (χ1n) is 10.8. The maximum absolute atomic E-state index is 13.2. The Bertz CT molecular complexity index is 1120. The number of methoxy groups -OCH3 is 1. The summed E-state index contributed by atoms with van der Waals surface area (Å²) >= 11 is 0. The van der Waals surface area contributed by atoms with Crippen LogP contribution < -0.4 is 10.1 Å². The van der Waals surface area contributed by atoms with Crippen LogP contribution in [0.1, 0.15) is 40.0 Å². The van der Waals surface area contributed by atoms with Crippen molar-refractivity contribution in [2.45, 2.75) is 19.3 Å². The monoisotopic (exact) mass is 415 g/mol. The number of nitrogens with zero attached hydrogens (tertiary/aromatic N) is 2. The van der Waals surface area contributed by atoms with Gasteiger partial charge in [-0.25, -0.2) is 4.98 Å². The number of carbonyl (C=O) groups is 1. The van der Waals surface area contributed by atoms with Crippen molar-refractivity contribution in [2.75, 3.05) is 34.3 Å². The van der Waals surface area contributed by atoms with E-state index < -0.39 is 0 Å². The molecule has 0 radical (unpaired) electrons. The standard InChI is InChI=1S/C26H29N3O2/c1-29(2)16-6-15-27-26(30)24-21-7-4-5-8-23(21)28-25-19(11-14-22(24)25)17-18-9-12-20(31-3)13-10-18/h4-5,7-10,12-13,17H,6,11,14-16H2,1-3H3,(H,27,30). The molecule has 3 aromatic rings. The third kappa shape index (κ3) is 4.62. The van der Waals surface area contributed by atoms with Crippen LogP contribution in [0.3, 0.4) is 0 Å². The van der Waals surface area contributed by atoms with Crippen molar-refractivity contribution in [3.05, 3.63) is 70.9 Å². The lowest BCUT2D eigenvalue weighted by Gasteiger charge is -2.14. The number of nitrogens with one attached hydrogen (secondary N) is 1. The fourth-order valence-corrected chi connectivity index (χ4v) is 4.13. The molecule has 0 aliphatic heterocycles. The molecule has 5 heteroatoms. The highest BCUT2D eigenvalue weighted by Gasteiger charge is 2.26. The van der Waals surface area contributed by atoms with E-state index in [1.54, 1.807) is 7.11 Å². The molecule has 0 bridgehead atoms. The molecule has 1 N–H and O–H groups in total. The van der Waals surface area contributed by atoms with E-state index in [1.807, 2.05) is 62.6 Å². The summed E-state index contributed by atoms with van der Waals surface area (Å²) < 4.78 is 5.26. The molecule has 4 rings (SSSR count). The second-order valence-corrected chi connectivity index (χ2v) is 8.19. The summed E-state index contributed by atoms with van der Waals surface area (Å²) in [7, 11) is 5.76. The van der Waals surface area contributed by atoms with E-state index in [9.17, 15) is 4.79 Å². The molecular formula is C26H29N3O2. The number of allylic oxidation sites excluding steroid dienone is 1. The van der Waals surface area contributed by atoms with Gasteiger partial charge in [0.1, 0.15) is 5.75 Å². The Balaban J connectivity index is 1.69. The van der Waals surface area contributed by atoms with Crippen LogP contribution in [0.2, 0.25) is 0 Å². The molecule has 1 amide bonds. The molecule has 5 nitrogen and oxygen atoms in total. The van der Waals surface area contributed by atoms with Gasteiger partial charge in [-0.3, -0.25) is 4.79 Å². The van der Waals surface area contributed by atoms with Crippen LogP contribution >= 0.6 is 0 Å². The van der Waals surface area contributed by atoms with Crippen molar-refractivity contribution >= 4 is 28.5 Å². The van der Waals surface area contributed by atoms with E-state index in [0.717, 1.165) is 64.8 Å². The second kappa shape index (κ2) is 9.31. The van der Waals surface area contributed by atoms with Gasteiger partial charge in [-0.15, -0.1) is 0 Å². The molecule has 0 saturated carbocycles. The van der Waals surface area contributed by atoms with E-state index in [4.69, 9.17) is 9.72 Å². The molecule has 0 spiro atoms. The highest BCUT2D eigenvalue weighted by Crippen LogP contribution is 2.37. The zero-order valence-corrected chi connectivity index (χ0v) is 18.4. The predicted molar refractivity (Wildman–Crippen MR) is 126 cm³/mol. The van der Waals surface area contributed by atoms with E-state index in [0.29, 0.717) is 6.54 Å². The number of hydrogen-bond acceptors (Lipinski definition) is 4. The zero-order valence-electron chi connectivity index (χ0n) is 18.4. The molecule has 0 atom stereocenters. The number of amides is 1. The lowest BCUT2D eigenvalue weighted by molar-refractivity contribution is 0.0953. The van der Waals surface area contributed by atoms with Gasteiger partial charge in [-0.2, -0.15) is 0 Å². The Morgan fingerprint density at radius 2 is 1.90 bits per heavy atom. The van der Waals surface area contributed by atoms with E-state index in [1.165, 1.54) is 5.57 Å². The van der Waals surface area contributed by atoms with Crippen LogP contribution in [0.5, 0.6) is 5.75 Å². The average molecular weight is 416 g/mol. The predicted octanol–water partition coefficient (Wildman–Crippen LogP) is 4.41. The molecule has 31 heavy (non-hydrogen) atoms. The van der Waals surface area contributed by atoms with Crippen LogP contribution in [-0.2, 0) is 6.42 Å². The Morgan fingerprint density at radius 3 is 2.65 bits per heavy atom. The summed E-state index contributed by atoms with van der Waals surface area (Å²) in [6.45, 7) is 1.61. The van der Waals surface area contributed by atoms with Crippen LogP contribution in [0.15, 0.2) is 48.5 Å². The maximum Gasteiger partial charge on any atom is 0.252 e. The number of fused-ring (bicyclic) bond motifs is 2.